The molecule has 0 radical (unpaired) electrons. The first-order chi connectivity index (χ1) is 12.6. The van der Waals surface area contributed by atoms with Crippen LogP contribution in [0.2, 0.25) is 0 Å². The first-order valence-corrected chi connectivity index (χ1v) is 8.23. The highest BCUT2D eigenvalue weighted by molar-refractivity contribution is 6.12. The molecule has 8 nitrogen and oxygen atoms in total. The summed E-state index contributed by atoms with van der Waals surface area (Å²) in [4.78, 5) is 35.4. The van der Waals surface area contributed by atoms with Gasteiger partial charge in [-0.1, -0.05) is 5.57 Å². The number of nitro benzene ring substituents is 1. The van der Waals surface area contributed by atoms with E-state index in [-0.39, 0.29) is 22.7 Å². The lowest BCUT2D eigenvalue weighted by Gasteiger charge is -2.13. The number of hydrogen-bond donors (Lipinski definition) is 0. The predicted molar refractivity (Wildman–Crippen MR) is 99.7 cm³/mol. The summed E-state index contributed by atoms with van der Waals surface area (Å²) in [6, 6.07) is 2.74. The van der Waals surface area contributed by atoms with Gasteiger partial charge in [0.2, 0.25) is 5.88 Å². The summed E-state index contributed by atoms with van der Waals surface area (Å²) in [6.45, 7) is 8.39. The second-order valence-electron chi connectivity index (χ2n) is 6.42. The standard InChI is InChI=1S/C19H21N3O5/c1-10(2)11(3)17-12(4)14(7-8-16(17)22(25)26)18(24)15-9-20-21(6)19(15)27-13(5)23/h7-9H,1-6H3. The number of rotatable bonds is 5. The molecule has 0 bridgehead atoms. The summed E-state index contributed by atoms with van der Waals surface area (Å²) in [5, 5.41) is 15.4. The second-order valence-corrected chi connectivity index (χ2v) is 6.42. The van der Waals surface area contributed by atoms with Crippen molar-refractivity contribution in [1.29, 1.82) is 0 Å². The van der Waals surface area contributed by atoms with E-state index in [1.165, 1.54) is 29.9 Å². The van der Waals surface area contributed by atoms with Gasteiger partial charge in [0.1, 0.15) is 5.56 Å². The molecule has 0 unspecified atom stereocenters. The third kappa shape index (κ3) is 3.79. The van der Waals surface area contributed by atoms with Crippen LogP contribution in [-0.4, -0.2) is 26.5 Å². The van der Waals surface area contributed by atoms with E-state index in [1.54, 1.807) is 20.9 Å². The van der Waals surface area contributed by atoms with Crippen molar-refractivity contribution in [2.75, 3.05) is 0 Å². The number of allylic oxidation sites excluding steroid dienone is 2. The minimum atomic E-state index is -0.575. The molecule has 8 heteroatoms. The Bertz CT molecular complexity index is 981. The number of hydrogen-bond acceptors (Lipinski definition) is 6. The van der Waals surface area contributed by atoms with E-state index in [9.17, 15) is 19.7 Å². The molecule has 0 fully saturated rings. The summed E-state index contributed by atoms with van der Waals surface area (Å²) in [6.07, 6.45) is 1.31. The van der Waals surface area contributed by atoms with E-state index in [0.717, 1.165) is 11.1 Å². The van der Waals surface area contributed by atoms with Crippen molar-refractivity contribution in [2.45, 2.75) is 34.6 Å². The Morgan fingerprint density at radius 2 is 1.78 bits per heavy atom. The monoisotopic (exact) mass is 371 g/mol. The van der Waals surface area contributed by atoms with Crippen molar-refractivity contribution in [3.63, 3.8) is 0 Å². The molecule has 1 heterocycles. The average Bonchev–Trinajstić information content (AvgIpc) is 2.93. The van der Waals surface area contributed by atoms with Crippen molar-refractivity contribution in [3.05, 3.63) is 56.3 Å². The Kier molecular flexibility index (Phi) is 5.58. The van der Waals surface area contributed by atoms with Gasteiger partial charge < -0.3 is 4.74 Å². The van der Waals surface area contributed by atoms with Gasteiger partial charge in [0.05, 0.1) is 16.7 Å². The van der Waals surface area contributed by atoms with Gasteiger partial charge in [-0.15, -0.1) is 0 Å². The third-order valence-electron chi connectivity index (χ3n) is 4.38. The molecular weight excluding hydrogens is 350 g/mol. The quantitative estimate of drug-likeness (QED) is 0.344. The molecule has 1 aromatic carbocycles. The summed E-state index contributed by atoms with van der Waals surface area (Å²) < 4.78 is 6.39. The fourth-order valence-corrected chi connectivity index (χ4v) is 2.80. The molecule has 0 N–H and O–H groups in total. The molecule has 1 aromatic heterocycles. The maximum Gasteiger partial charge on any atom is 0.309 e. The Labute approximate surface area is 156 Å². The number of carbonyl (C=O) groups is 2. The second kappa shape index (κ2) is 7.53. The number of carbonyl (C=O) groups excluding carboxylic acids is 2. The largest absolute Gasteiger partial charge is 0.407 e. The molecule has 0 spiro atoms. The zero-order valence-corrected chi connectivity index (χ0v) is 16.1. The molecule has 2 rings (SSSR count). The van der Waals surface area contributed by atoms with Crippen molar-refractivity contribution in [2.24, 2.45) is 7.05 Å². The molecular formula is C19H21N3O5. The van der Waals surface area contributed by atoms with E-state index < -0.39 is 16.7 Å². The summed E-state index contributed by atoms with van der Waals surface area (Å²) in [5.41, 5.74) is 2.90. The molecule has 0 saturated carbocycles. The van der Waals surface area contributed by atoms with Gasteiger partial charge in [0.25, 0.3) is 5.69 Å². The zero-order chi connectivity index (χ0) is 20.5. The molecule has 0 atom stereocenters. The molecule has 2 aromatic rings. The van der Waals surface area contributed by atoms with Crippen molar-refractivity contribution in [1.82, 2.24) is 9.78 Å². The van der Waals surface area contributed by atoms with Crippen LogP contribution in [0.1, 0.15) is 54.7 Å². The van der Waals surface area contributed by atoms with E-state index in [4.69, 9.17) is 4.74 Å². The van der Waals surface area contributed by atoms with Gasteiger partial charge in [-0.25, -0.2) is 4.68 Å². The van der Waals surface area contributed by atoms with Gasteiger partial charge in [-0.05, 0) is 44.9 Å². The van der Waals surface area contributed by atoms with Gasteiger partial charge >= 0.3 is 5.97 Å². The lowest BCUT2D eigenvalue weighted by molar-refractivity contribution is -0.385. The molecule has 0 aliphatic carbocycles. The number of nitro groups is 1. The lowest BCUT2D eigenvalue weighted by atomic mass is 9.90. The van der Waals surface area contributed by atoms with Crippen LogP contribution in [-0.2, 0) is 11.8 Å². The van der Waals surface area contributed by atoms with Gasteiger partial charge in [0.15, 0.2) is 5.78 Å². The molecule has 0 saturated heterocycles. The predicted octanol–water partition coefficient (Wildman–Crippen LogP) is 3.61. The minimum absolute atomic E-state index is 0.0331. The number of esters is 1. The molecule has 0 aliphatic rings. The van der Waals surface area contributed by atoms with E-state index in [1.807, 2.05) is 13.8 Å². The number of aromatic nitrogens is 2. The van der Waals surface area contributed by atoms with Crippen LogP contribution in [0, 0.1) is 17.0 Å². The number of aryl methyl sites for hydroxylation is 1. The van der Waals surface area contributed by atoms with Gasteiger partial charge in [-0.3, -0.25) is 19.7 Å². The van der Waals surface area contributed by atoms with Crippen LogP contribution in [0.3, 0.4) is 0 Å². The SMILES string of the molecule is CC(=O)Oc1c(C(=O)c2ccc([N+](=O)[O-])c(C(C)=C(C)C)c2C)cnn1C. The van der Waals surface area contributed by atoms with Crippen LogP contribution in [0.4, 0.5) is 5.69 Å². The molecule has 0 aliphatic heterocycles. The van der Waals surface area contributed by atoms with E-state index >= 15 is 0 Å². The first-order valence-electron chi connectivity index (χ1n) is 8.23. The maximum absolute atomic E-state index is 13.1. The smallest absolute Gasteiger partial charge is 0.309 e. The van der Waals surface area contributed by atoms with Crippen LogP contribution >= 0.6 is 0 Å². The Balaban J connectivity index is 2.69. The van der Waals surface area contributed by atoms with Crippen LogP contribution in [0.25, 0.3) is 5.57 Å². The summed E-state index contributed by atoms with van der Waals surface area (Å²) in [5.74, 6) is -0.963. The average molecular weight is 371 g/mol. The normalized spacial score (nSPS) is 10.4. The molecule has 27 heavy (non-hydrogen) atoms. The van der Waals surface area contributed by atoms with Crippen LogP contribution < -0.4 is 4.74 Å². The fraction of sp³-hybridized carbons (Fsp3) is 0.316. The topological polar surface area (TPSA) is 104 Å². The highest BCUT2D eigenvalue weighted by Crippen LogP contribution is 2.34. The number of ketones is 1. The van der Waals surface area contributed by atoms with Crippen LogP contribution in [0.15, 0.2) is 23.9 Å². The van der Waals surface area contributed by atoms with Crippen molar-refractivity contribution in [3.8, 4) is 5.88 Å². The Hall–Kier alpha value is -3.29. The van der Waals surface area contributed by atoms with E-state index in [0.29, 0.717) is 11.1 Å². The number of benzene rings is 1. The van der Waals surface area contributed by atoms with Crippen LogP contribution in [0.5, 0.6) is 5.88 Å². The Morgan fingerprint density at radius 1 is 1.15 bits per heavy atom. The Morgan fingerprint density at radius 3 is 2.30 bits per heavy atom. The zero-order valence-electron chi connectivity index (χ0n) is 16.1. The van der Waals surface area contributed by atoms with Crippen molar-refractivity contribution >= 4 is 23.0 Å². The minimum Gasteiger partial charge on any atom is -0.407 e. The third-order valence-corrected chi connectivity index (χ3v) is 4.38. The van der Waals surface area contributed by atoms with Crippen molar-refractivity contribution < 1.29 is 19.2 Å². The van der Waals surface area contributed by atoms with E-state index in [2.05, 4.69) is 5.10 Å². The first kappa shape index (κ1) is 20.0. The highest BCUT2D eigenvalue weighted by atomic mass is 16.6. The van der Waals surface area contributed by atoms with Gasteiger partial charge in [0, 0.05) is 25.6 Å². The molecule has 142 valence electrons. The lowest BCUT2D eigenvalue weighted by Crippen LogP contribution is -2.12. The number of nitrogens with zero attached hydrogens (tertiary/aromatic N) is 3. The summed E-state index contributed by atoms with van der Waals surface area (Å²) >= 11 is 0. The highest BCUT2D eigenvalue weighted by Gasteiger charge is 2.26. The molecule has 0 amide bonds. The van der Waals surface area contributed by atoms with Gasteiger partial charge in [-0.2, -0.15) is 5.10 Å². The summed E-state index contributed by atoms with van der Waals surface area (Å²) in [7, 11) is 1.55. The maximum atomic E-state index is 13.1. The fourth-order valence-electron chi connectivity index (χ4n) is 2.80. The number of ether oxygens (including phenoxy) is 1.